The van der Waals surface area contributed by atoms with E-state index in [0.717, 1.165) is 0 Å². The Kier molecular flexibility index (Phi) is 2.82. The molecule has 1 aromatic carbocycles. The van der Waals surface area contributed by atoms with Gasteiger partial charge in [0.25, 0.3) is 0 Å². The quantitative estimate of drug-likeness (QED) is 0.412. The molecule has 6 heteroatoms. The van der Waals surface area contributed by atoms with Crippen LogP contribution in [0.1, 0.15) is 0 Å². The average molecular weight is 223 g/mol. The Morgan fingerprint density at radius 3 is 2.75 bits per heavy atom. The zero-order valence-corrected chi connectivity index (χ0v) is 8.90. The third-order valence-electron chi connectivity index (χ3n) is 2.34. The third kappa shape index (κ3) is 1.87. The molecule has 0 aliphatic carbocycles. The summed E-state index contributed by atoms with van der Waals surface area (Å²) in [5, 5.41) is 0. The molecule has 86 valence electrons. The van der Waals surface area contributed by atoms with Crippen molar-refractivity contribution in [2.24, 2.45) is 5.84 Å². The predicted molar refractivity (Wildman–Crippen MR) is 58.6 cm³/mol. The lowest BCUT2D eigenvalue weighted by Crippen LogP contribution is -2.41. The summed E-state index contributed by atoms with van der Waals surface area (Å²) in [6, 6.07) is 4.88. The number of benzene rings is 1. The first-order valence-corrected chi connectivity index (χ1v) is 4.86. The lowest BCUT2D eigenvalue weighted by molar-refractivity contribution is 0.171. The molecule has 0 radical (unpaired) electrons. The molecule has 0 unspecified atom stereocenters. The molecule has 6 nitrogen and oxygen atoms in total. The van der Waals surface area contributed by atoms with Crippen molar-refractivity contribution in [1.82, 2.24) is 5.43 Å². The van der Waals surface area contributed by atoms with E-state index in [9.17, 15) is 4.79 Å². The van der Waals surface area contributed by atoms with Crippen LogP contribution in [0, 0.1) is 0 Å². The van der Waals surface area contributed by atoms with Crippen LogP contribution in [0.5, 0.6) is 11.5 Å². The van der Waals surface area contributed by atoms with Gasteiger partial charge in [-0.25, -0.2) is 10.6 Å². The zero-order chi connectivity index (χ0) is 11.5. The molecule has 0 spiro atoms. The van der Waals surface area contributed by atoms with Crippen molar-refractivity contribution in [2.75, 3.05) is 25.2 Å². The van der Waals surface area contributed by atoms with Crippen LogP contribution < -0.4 is 25.6 Å². The first-order chi connectivity index (χ1) is 7.72. The number of nitrogens with two attached hydrogens (primary N) is 1. The van der Waals surface area contributed by atoms with Gasteiger partial charge in [-0.15, -0.1) is 0 Å². The van der Waals surface area contributed by atoms with Gasteiger partial charge in [-0.2, -0.15) is 0 Å². The standard InChI is InChI=1S/C10H13N3O3/c1-13(10(14)12-11)7-2-3-8-9(6-7)16-5-4-15-8/h2-3,6H,4-5,11H2,1H3,(H,12,14). The number of fused-ring (bicyclic) bond motifs is 1. The van der Waals surface area contributed by atoms with E-state index in [4.69, 9.17) is 15.3 Å². The Bertz CT molecular complexity index is 408. The van der Waals surface area contributed by atoms with Gasteiger partial charge in [-0.3, -0.25) is 10.3 Å². The Morgan fingerprint density at radius 1 is 1.38 bits per heavy atom. The molecule has 1 aliphatic heterocycles. The number of hydrazine groups is 1. The lowest BCUT2D eigenvalue weighted by atomic mass is 10.2. The van der Waals surface area contributed by atoms with Crippen LogP contribution >= 0.6 is 0 Å². The van der Waals surface area contributed by atoms with Gasteiger partial charge in [0, 0.05) is 18.8 Å². The lowest BCUT2D eigenvalue weighted by Gasteiger charge is -2.21. The maximum Gasteiger partial charge on any atom is 0.335 e. The molecule has 2 amide bonds. The van der Waals surface area contributed by atoms with Crippen molar-refractivity contribution in [2.45, 2.75) is 0 Å². The van der Waals surface area contributed by atoms with Gasteiger partial charge < -0.3 is 9.47 Å². The van der Waals surface area contributed by atoms with Crippen LogP contribution in [-0.4, -0.2) is 26.3 Å². The fraction of sp³-hybridized carbons (Fsp3) is 0.300. The molecule has 0 saturated carbocycles. The number of rotatable bonds is 1. The maximum absolute atomic E-state index is 11.3. The maximum atomic E-state index is 11.3. The topological polar surface area (TPSA) is 76.8 Å². The minimum absolute atomic E-state index is 0.392. The zero-order valence-electron chi connectivity index (χ0n) is 8.90. The number of anilines is 1. The number of nitrogens with one attached hydrogen (secondary N) is 1. The van der Waals surface area contributed by atoms with Crippen molar-refractivity contribution >= 4 is 11.7 Å². The minimum Gasteiger partial charge on any atom is -0.486 e. The van der Waals surface area contributed by atoms with Gasteiger partial charge in [0.15, 0.2) is 11.5 Å². The second-order valence-corrected chi connectivity index (χ2v) is 3.34. The molecule has 1 aromatic rings. The van der Waals surface area contributed by atoms with Crippen LogP contribution in [0.15, 0.2) is 18.2 Å². The largest absolute Gasteiger partial charge is 0.486 e. The molecular weight excluding hydrogens is 210 g/mol. The van der Waals surface area contributed by atoms with Gasteiger partial charge in [0.1, 0.15) is 13.2 Å². The average Bonchev–Trinajstić information content (AvgIpc) is 2.36. The second kappa shape index (κ2) is 4.28. The molecule has 1 aliphatic rings. The summed E-state index contributed by atoms with van der Waals surface area (Å²) in [6.45, 7) is 1.06. The normalized spacial score (nSPS) is 13.1. The Hall–Kier alpha value is -1.95. The molecule has 0 fully saturated rings. The highest BCUT2D eigenvalue weighted by Gasteiger charge is 2.15. The van der Waals surface area contributed by atoms with Gasteiger partial charge in [0.05, 0.1) is 0 Å². The summed E-state index contributed by atoms with van der Waals surface area (Å²) in [5.74, 6) is 6.38. The number of urea groups is 1. The SMILES string of the molecule is CN(C(=O)NN)c1ccc2c(c1)OCCO2. The molecule has 0 atom stereocenters. The second-order valence-electron chi connectivity index (χ2n) is 3.34. The summed E-state index contributed by atoms with van der Waals surface area (Å²) < 4.78 is 10.8. The highest BCUT2D eigenvalue weighted by Crippen LogP contribution is 2.33. The van der Waals surface area contributed by atoms with E-state index in [1.807, 2.05) is 0 Å². The Labute approximate surface area is 92.9 Å². The number of carbonyl (C=O) groups is 1. The highest BCUT2D eigenvalue weighted by molar-refractivity contribution is 5.91. The first-order valence-electron chi connectivity index (χ1n) is 4.86. The molecule has 1 heterocycles. The van der Waals surface area contributed by atoms with Gasteiger partial charge in [-0.05, 0) is 12.1 Å². The predicted octanol–water partition coefficient (Wildman–Crippen LogP) is 0.477. The highest BCUT2D eigenvalue weighted by atomic mass is 16.6. The molecule has 0 saturated heterocycles. The van der Waals surface area contributed by atoms with Crippen molar-refractivity contribution in [3.8, 4) is 11.5 Å². The molecular formula is C10H13N3O3. The van der Waals surface area contributed by atoms with Crippen LogP contribution in [0.2, 0.25) is 0 Å². The smallest absolute Gasteiger partial charge is 0.335 e. The van der Waals surface area contributed by atoms with Crippen LogP contribution in [-0.2, 0) is 0 Å². The number of carbonyl (C=O) groups excluding carboxylic acids is 1. The van der Waals surface area contributed by atoms with Gasteiger partial charge in [0.2, 0.25) is 0 Å². The van der Waals surface area contributed by atoms with Crippen molar-refractivity contribution in [3.63, 3.8) is 0 Å². The van der Waals surface area contributed by atoms with E-state index in [0.29, 0.717) is 30.4 Å². The fourth-order valence-electron chi connectivity index (χ4n) is 1.45. The van der Waals surface area contributed by atoms with Gasteiger partial charge >= 0.3 is 6.03 Å². The number of amides is 2. The molecule has 3 N–H and O–H groups in total. The Balaban J connectivity index is 2.26. The minimum atomic E-state index is -0.392. The van der Waals surface area contributed by atoms with Crippen molar-refractivity contribution in [1.29, 1.82) is 0 Å². The Morgan fingerprint density at radius 2 is 2.06 bits per heavy atom. The van der Waals surface area contributed by atoms with E-state index in [2.05, 4.69) is 5.43 Å². The van der Waals surface area contributed by atoms with E-state index < -0.39 is 6.03 Å². The number of ether oxygens (including phenoxy) is 2. The van der Waals surface area contributed by atoms with Crippen molar-refractivity contribution in [3.05, 3.63) is 18.2 Å². The summed E-state index contributed by atoms with van der Waals surface area (Å²) in [7, 11) is 1.62. The summed E-state index contributed by atoms with van der Waals surface area (Å²) in [6.07, 6.45) is 0. The van der Waals surface area contributed by atoms with E-state index in [1.54, 1.807) is 25.2 Å². The molecule has 2 rings (SSSR count). The first kappa shape index (κ1) is 10.6. The van der Waals surface area contributed by atoms with Gasteiger partial charge in [-0.1, -0.05) is 0 Å². The number of nitrogens with zero attached hydrogens (tertiary/aromatic N) is 1. The van der Waals surface area contributed by atoms with E-state index in [1.165, 1.54) is 4.90 Å². The molecule has 0 aromatic heterocycles. The summed E-state index contributed by atoms with van der Waals surface area (Å²) in [5.41, 5.74) is 2.75. The molecule has 0 bridgehead atoms. The van der Waals surface area contributed by atoms with Crippen molar-refractivity contribution < 1.29 is 14.3 Å². The van der Waals surface area contributed by atoms with E-state index >= 15 is 0 Å². The third-order valence-corrected chi connectivity index (χ3v) is 2.34. The number of hydrogen-bond acceptors (Lipinski definition) is 4. The van der Waals surface area contributed by atoms with Crippen LogP contribution in [0.25, 0.3) is 0 Å². The summed E-state index contributed by atoms with van der Waals surface area (Å²) in [4.78, 5) is 12.7. The summed E-state index contributed by atoms with van der Waals surface area (Å²) >= 11 is 0. The van der Waals surface area contributed by atoms with Crippen LogP contribution in [0.3, 0.4) is 0 Å². The monoisotopic (exact) mass is 223 g/mol. The fourth-order valence-corrected chi connectivity index (χ4v) is 1.45. The molecule has 16 heavy (non-hydrogen) atoms. The number of hydrogen-bond donors (Lipinski definition) is 2. The van der Waals surface area contributed by atoms with E-state index in [-0.39, 0.29) is 0 Å². The van der Waals surface area contributed by atoms with Crippen LogP contribution in [0.4, 0.5) is 10.5 Å².